The van der Waals surface area contributed by atoms with Gasteiger partial charge in [0.2, 0.25) is 0 Å². The largest absolute Gasteiger partial charge is 0.530 e. The molecule has 1 saturated heterocycles. The SMILES string of the molecule is COC(COCCCCCCCCCCCC(=O)OCc1c(C)cc(C)cc1C)COP(=O)(OCC1COC(C)(C)O1)Oc1ccccc1Cl. The Labute approximate surface area is 304 Å². The molecule has 0 N–H and O–H groups in total. The van der Waals surface area contributed by atoms with Crippen molar-refractivity contribution in [1.29, 1.82) is 0 Å². The maximum atomic E-state index is 13.6. The minimum atomic E-state index is -4.10. The van der Waals surface area contributed by atoms with Crippen LogP contribution in [0.3, 0.4) is 0 Å². The van der Waals surface area contributed by atoms with Gasteiger partial charge < -0.3 is 28.2 Å². The molecule has 0 aliphatic carbocycles. The maximum Gasteiger partial charge on any atom is 0.530 e. The van der Waals surface area contributed by atoms with Crippen molar-refractivity contribution in [3.63, 3.8) is 0 Å². The Kier molecular flexibility index (Phi) is 18.8. The zero-order chi connectivity index (χ0) is 36.4. The van der Waals surface area contributed by atoms with Crippen LogP contribution in [0.4, 0.5) is 0 Å². The highest BCUT2D eigenvalue weighted by atomic mass is 35.5. The maximum absolute atomic E-state index is 13.6. The molecule has 282 valence electrons. The minimum absolute atomic E-state index is 0.0509. The summed E-state index contributed by atoms with van der Waals surface area (Å²) in [5.74, 6) is -0.677. The van der Waals surface area contributed by atoms with E-state index in [0.717, 1.165) is 44.1 Å². The number of aryl methyl sites for hydroxylation is 3. The van der Waals surface area contributed by atoms with Gasteiger partial charge in [-0.1, -0.05) is 86.4 Å². The van der Waals surface area contributed by atoms with Gasteiger partial charge in [0.15, 0.2) is 5.79 Å². The number of unbranched alkanes of at least 4 members (excludes halogenated alkanes) is 8. The third-order valence-corrected chi connectivity index (χ3v) is 10.1. The molecule has 0 bridgehead atoms. The predicted molar refractivity (Wildman–Crippen MR) is 195 cm³/mol. The Bertz CT molecular complexity index is 1330. The number of phosphoric acid groups is 1. The molecule has 2 aromatic rings. The van der Waals surface area contributed by atoms with Gasteiger partial charge in [-0.2, -0.15) is 0 Å². The van der Waals surface area contributed by atoms with E-state index in [1.165, 1.54) is 36.0 Å². The summed E-state index contributed by atoms with van der Waals surface area (Å²) in [5.41, 5.74) is 4.69. The fourth-order valence-electron chi connectivity index (χ4n) is 5.70. The summed E-state index contributed by atoms with van der Waals surface area (Å²) >= 11 is 6.23. The van der Waals surface area contributed by atoms with E-state index in [-0.39, 0.29) is 36.6 Å². The third-order valence-electron chi connectivity index (χ3n) is 8.48. The number of halogens is 1. The van der Waals surface area contributed by atoms with Gasteiger partial charge in [-0.15, -0.1) is 0 Å². The number of carbonyl (C=O) groups excluding carboxylic acids is 1. The quantitative estimate of drug-likeness (QED) is 0.0555. The third kappa shape index (κ3) is 16.1. The second-order valence-corrected chi connectivity index (χ2v) is 15.4. The number of hydrogen-bond donors (Lipinski definition) is 0. The van der Waals surface area contributed by atoms with Crippen LogP contribution in [0.2, 0.25) is 5.02 Å². The van der Waals surface area contributed by atoms with Crippen LogP contribution in [0.1, 0.15) is 100 Å². The van der Waals surface area contributed by atoms with E-state index in [9.17, 15) is 9.36 Å². The molecule has 3 unspecified atom stereocenters. The Morgan fingerprint density at radius 2 is 1.58 bits per heavy atom. The van der Waals surface area contributed by atoms with E-state index >= 15 is 0 Å². The molecule has 12 heteroatoms. The average Bonchev–Trinajstić information content (AvgIpc) is 3.42. The number of rotatable bonds is 25. The highest BCUT2D eigenvalue weighted by Gasteiger charge is 2.37. The van der Waals surface area contributed by atoms with Gasteiger partial charge in [0.1, 0.15) is 24.6 Å². The minimum Gasteiger partial charge on any atom is -0.461 e. The summed E-state index contributed by atoms with van der Waals surface area (Å²) in [6.45, 7) is 11.2. The normalized spacial score (nSPS) is 17.4. The topological polar surface area (TPSA) is 108 Å². The van der Waals surface area contributed by atoms with Crippen molar-refractivity contribution in [2.24, 2.45) is 0 Å². The summed E-state index contributed by atoms with van der Waals surface area (Å²) in [6, 6.07) is 10.9. The summed E-state index contributed by atoms with van der Waals surface area (Å²) in [4.78, 5) is 12.2. The molecule has 10 nitrogen and oxygen atoms in total. The van der Waals surface area contributed by atoms with E-state index in [2.05, 4.69) is 32.9 Å². The standard InChI is InChI=1S/C38H58ClO10P/c1-29-22-30(2)34(31(3)23-29)28-44-37(40)20-14-12-10-8-7-9-11-13-17-21-43-24-32(42-6)26-46-50(41,49-36-19-16-15-18-35(36)39)47-27-33-25-45-38(4,5)48-33/h15-16,18-19,22-23,32-33H,7-14,17,20-21,24-28H2,1-6H3. The number of para-hydroxylation sites is 1. The molecular formula is C38H58ClO10P. The van der Waals surface area contributed by atoms with Crippen LogP contribution >= 0.6 is 19.4 Å². The zero-order valence-electron chi connectivity index (χ0n) is 30.8. The van der Waals surface area contributed by atoms with Crippen LogP contribution in [-0.4, -0.2) is 64.1 Å². The van der Waals surface area contributed by atoms with Gasteiger partial charge in [0, 0.05) is 20.1 Å². The van der Waals surface area contributed by atoms with Gasteiger partial charge in [-0.25, -0.2) is 4.57 Å². The number of carbonyl (C=O) groups is 1. The zero-order valence-corrected chi connectivity index (χ0v) is 32.5. The molecule has 0 aromatic heterocycles. The monoisotopic (exact) mass is 740 g/mol. The molecule has 2 aromatic carbocycles. The van der Waals surface area contributed by atoms with Crippen molar-refractivity contribution in [2.75, 3.05) is 40.1 Å². The van der Waals surface area contributed by atoms with Crippen molar-refractivity contribution in [2.45, 2.75) is 123 Å². The van der Waals surface area contributed by atoms with Crippen molar-refractivity contribution in [3.05, 3.63) is 63.7 Å². The number of methoxy groups -OCH3 is 1. The van der Waals surface area contributed by atoms with Crippen LogP contribution in [0.5, 0.6) is 5.75 Å². The first-order valence-corrected chi connectivity index (χ1v) is 19.7. The molecule has 0 amide bonds. The Balaban J connectivity index is 1.22. The molecule has 1 heterocycles. The smallest absolute Gasteiger partial charge is 0.461 e. The lowest BCUT2D eigenvalue weighted by Gasteiger charge is -2.23. The van der Waals surface area contributed by atoms with Crippen molar-refractivity contribution >= 4 is 25.4 Å². The predicted octanol–water partition coefficient (Wildman–Crippen LogP) is 9.61. The molecule has 0 saturated carbocycles. The van der Waals surface area contributed by atoms with Crippen LogP contribution in [0.25, 0.3) is 0 Å². The van der Waals surface area contributed by atoms with Gasteiger partial charge in [0.05, 0.1) is 31.5 Å². The second kappa shape index (κ2) is 22.1. The number of benzene rings is 2. The first kappa shape index (κ1) is 42.4. The molecule has 1 aliphatic rings. The van der Waals surface area contributed by atoms with E-state index in [4.69, 9.17) is 48.9 Å². The Morgan fingerprint density at radius 1 is 0.940 bits per heavy atom. The highest BCUT2D eigenvalue weighted by Crippen LogP contribution is 2.51. The molecule has 1 fully saturated rings. The summed E-state index contributed by atoms with van der Waals surface area (Å²) in [7, 11) is -2.55. The van der Waals surface area contributed by atoms with Gasteiger partial charge in [0.25, 0.3) is 0 Å². The molecule has 3 rings (SSSR count). The highest BCUT2D eigenvalue weighted by molar-refractivity contribution is 7.48. The Morgan fingerprint density at radius 3 is 2.20 bits per heavy atom. The number of esters is 1. The molecule has 3 atom stereocenters. The van der Waals surface area contributed by atoms with Gasteiger partial charge >= 0.3 is 13.8 Å². The lowest BCUT2D eigenvalue weighted by Crippen LogP contribution is -2.26. The molecule has 0 spiro atoms. The molecule has 50 heavy (non-hydrogen) atoms. The lowest BCUT2D eigenvalue weighted by atomic mass is 10.0. The van der Waals surface area contributed by atoms with Crippen molar-refractivity contribution < 1.29 is 46.6 Å². The van der Waals surface area contributed by atoms with Crippen molar-refractivity contribution in [1.82, 2.24) is 0 Å². The van der Waals surface area contributed by atoms with Crippen LogP contribution in [0, 0.1) is 20.8 Å². The van der Waals surface area contributed by atoms with E-state index in [1.54, 1.807) is 45.2 Å². The summed E-state index contributed by atoms with van der Waals surface area (Å²) in [6.07, 6.45) is 9.36. The van der Waals surface area contributed by atoms with E-state index < -0.39 is 25.8 Å². The lowest BCUT2D eigenvalue weighted by molar-refractivity contribution is -0.145. The molecule has 0 radical (unpaired) electrons. The van der Waals surface area contributed by atoms with Crippen LogP contribution in [-0.2, 0) is 48.7 Å². The fourth-order valence-corrected chi connectivity index (χ4v) is 7.20. The summed E-state index contributed by atoms with van der Waals surface area (Å²) in [5, 5.41) is 0.280. The first-order chi connectivity index (χ1) is 23.9. The summed E-state index contributed by atoms with van der Waals surface area (Å²) < 4.78 is 58.8. The van der Waals surface area contributed by atoms with Gasteiger partial charge in [-0.05, 0) is 76.3 Å². The fraction of sp³-hybridized carbons (Fsp3) is 0.658. The number of ether oxygens (including phenoxy) is 5. The second-order valence-electron chi connectivity index (χ2n) is 13.4. The van der Waals surface area contributed by atoms with E-state index in [1.807, 2.05) is 0 Å². The van der Waals surface area contributed by atoms with Crippen molar-refractivity contribution in [3.8, 4) is 5.75 Å². The Hall–Kier alpha value is -2.01. The van der Waals surface area contributed by atoms with Crippen LogP contribution in [0.15, 0.2) is 36.4 Å². The number of hydrogen-bond acceptors (Lipinski definition) is 10. The average molecular weight is 741 g/mol. The van der Waals surface area contributed by atoms with Gasteiger partial charge in [-0.3, -0.25) is 13.8 Å². The van der Waals surface area contributed by atoms with Crippen LogP contribution < -0.4 is 4.52 Å². The number of phosphoric ester groups is 1. The first-order valence-electron chi connectivity index (χ1n) is 17.9. The molecular weight excluding hydrogens is 683 g/mol. The van der Waals surface area contributed by atoms with E-state index in [0.29, 0.717) is 26.2 Å². The molecule has 1 aliphatic heterocycles.